The zero-order valence-corrected chi connectivity index (χ0v) is 14.3. The summed E-state index contributed by atoms with van der Waals surface area (Å²) in [6.07, 6.45) is 6.40. The summed E-state index contributed by atoms with van der Waals surface area (Å²) in [6, 6.07) is 6.40. The molecule has 112 valence electrons. The maximum absolute atomic E-state index is 6.51. The Morgan fingerprint density at radius 2 is 1.76 bits per heavy atom. The summed E-state index contributed by atoms with van der Waals surface area (Å²) in [5.74, 6) is 0. The van der Waals surface area contributed by atoms with Crippen LogP contribution in [0.25, 0.3) is 0 Å². The van der Waals surface area contributed by atoms with Gasteiger partial charge in [0, 0.05) is 14.8 Å². The van der Waals surface area contributed by atoms with E-state index in [-0.39, 0.29) is 6.04 Å². The highest BCUT2D eigenvalue weighted by molar-refractivity contribution is 7.12. The molecule has 1 nitrogen and oxygen atoms in total. The summed E-state index contributed by atoms with van der Waals surface area (Å²) in [4.78, 5) is 2.80. The van der Waals surface area contributed by atoms with Crippen molar-refractivity contribution >= 4 is 22.9 Å². The van der Waals surface area contributed by atoms with Crippen LogP contribution in [0.1, 0.15) is 57.3 Å². The molecule has 0 saturated heterocycles. The molecule has 1 aliphatic rings. The van der Waals surface area contributed by atoms with E-state index in [9.17, 15) is 0 Å². The van der Waals surface area contributed by atoms with E-state index in [1.807, 2.05) is 17.4 Å². The van der Waals surface area contributed by atoms with Crippen LogP contribution in [0.4, 0.5) is 0 Å². The molecule has 1 unspecified atom stereocenters. The molecule has 3 rings (SSSR count). The number of thiophene rings is 1. The third-order valence-electron chi connectivity index (χ3n) is 4.52. The first-order chi connectivity index (χ1) is 10.1. The first-order valence-corrected chi connectivity index (χ1v) is 8.89. The Morgan fingerprint density at radius 1 is 1.05 bits per heavy atom. The summed E-state index contributed by atoms with van der Waals surface area (Å²) in [5, 5.41) is 0.786. The first-order valence-electron chi connectivity index (χ1n) is 7.70. The van der Waals surface area contributed by atoms with Gasteiger partial charge in [0.25, 0.3) is 0 Å². The summed E-state index contributed by atoms with van der Waals surface area (Å²) < 4.78 is 0. The van der Waals surface area contributed by atoms with Crippen LogP contribution in [0.5, 0.6) is 0 Å². The van der Waals surface area contributed by atoms with Crippen molar-refractivity contribution in [2.45, 2.75) is 52.0 Å². The normalized spacial score (nSPS) is 16.4. The number of nitrogens with two attached hydrogens (primary N) is 1. The highest BCUT2D eigenvalue weighted by Gasteiger charge is 2.19. The van der Waals surface area contributed by atoms with Crippen molar-refractivity contribution in [2.75, 3.05) is 0 Å². The number of hydrogen-bond acceptors (Lipinski definition) is 2. The second-order valence-electron chi connectivity index (χ2n) is 6.09. The van der Waals surface area contributed by atoms with Gasteiger partial charge >= 0.3 is 0 Å². The number of benzene rings is 1. The number of aryl methyl sites for hydroxylation is 4. The van der Waals surface area contributed by atoms with Gasteiger partial charge in [-0.25, -0.2) is 0 Å². The maximum atomic E-state index is 6.51. The van der Waals surface area contributed by atoms with Gasteiger partial charge in [-0.2, -0.15) is 0 Å². The van der Waals surface area contributed by atoms with Gasteiger partial charge < -0.3 is 5.73 Å². The van der Waals surface area contributed by atoms with Gasteiger partial charge in [-0.1, -0.05) is 24.1 Å². The SMILES string of the molecule is Cc1cc(Cl)c(C(N)c2cc3c(s2)CCCCC3)cc1C. The second kappa shape index (κ2) is 6.12. The van der Waals surface area contributed by atoms with E-state index in [4.69, 9.17) is 17.3 Å². The molecular formula is C18H22ClNS. The van der Waals surface area contributed by atoms with Gasteiger partial charge in [-0.3, -0.25) is 0 Å². The standard InChI is InChI=1S/C18H22ClNS/c1-11-8-14(15(19)9-12(11)2)18(20)17-10-13-6-4-3-5-7-16(13)21-17/h8-10,18H,3-7,20H2,1-2H3. The van der Waals surface area contributed by atoms with Crippen LogP contribution in [-0.4, -0.2) is 0 Å². The first kappa shape index (κ1) is 15.1. The number of hydrogen-bond donors (Lipinski definition) is 1. The fourth-order valence-corrected chi connectivity index (χ4v) is 4.65. The van der Waals surface area contributed by atoms with Crippen LogP contribution >= 0.6 is 22.9 Å². The summed E-state index contributed by atoms with van der Waals surface area (Å²) in [6.45, 7) is 4.20. The van der Waals surface area contributed by atoms with Gasteiger partial charge in [-0.15, -0.1) is 11.3 Å². The molecule has 1 aliphatic carbocycles. The molecule has 21 heavy (non-hydrogen) atoms. The van der Waals surface area contributed by atoms with E-state index in [1.54, 1.807) is 0 Å². The molecule has 2 aromatic rings. The molecule has 0 bridgehead atoms. The Balaban J connectivity index is 1.95. The van der Waals surface area contributed by atoms with Crippen molar-refractivity contribution in [1.29, 1.82) is 0 Å². The topological polar surface area (TPSA) is 26.0 Å². The van der Waals surface area contributed by atoms with Crippen LogP contribution in [0, 0.1) is 13.8 Å². The zero-order chi connectivity index (χ0) is 15.0. The van der Waals surface area contributed by atoms with Gasteiger partial charge in [0.1, 0.15) is 0 Å². The lowest BCUT2D eigenvalue weighted by Gasteiger charge is -2.14. The minimum atomic E-state index is -0.103. The predicted octanol–water partition coefficient (Wildman–Crippen LogP) is 5.34. The number of halogens is 1. The Labute approximate surface area is 136 Å². The smallest absolute Gasteiger partial charge is 0.0660 e. The van der Waals surface area contributed by atoms with Gasteiger partial charge in [0.05, 0.1) is 6.04 Å². The minimum Gasteiger partial charge on any atom is -0.320 e. The fraction of sp³-hybridized carbons (Fsp3) is 0.444. The molecule has 0 amide bonds. The van der Waals surface area contributed by atoms with E-state index < -0.39 is 0 Å². The van der Waals surface area contributed by atoms with Gasteiger partial charge in [-0.05, 0) is 73.9 Å². The van der Waals surface area contributed by atoms with Crippen molar-refractivity contribution in [3.63, 3.8) is 0 Å². The van der Waals surface area contributed by atoms with Crippen LogP contribution in [0.15, 0.2) is 18.2 Å². The summed E-state index contributed by atoms with van der Waals surface area (Å²) in [5.41, 5.74) is 11.6. The van der Waals surface area contributed by atoms with Crippen LogP contribution in [0.2, 0.25) is 5.02 Å². The third kappa shape index (κ3) is 3.03. The maximum Gasteiger partial charge on any atom is 0.0660 e. The molecular weight excluding hydrogens is 298 g/mol. The van der Waals surface area contributed by atoms with Gasteiger partial charge in [0.2, 0.25) is 0 Å². The second-order valence-corrected chi connectivity index (χ2v) is 7.67. The molecule has 0 fully saturated rings. The highest BCUT2D eigenvalue weighted by atomic mass is 35.5. The van der Waals surface area contributed by atoms with Crippen molar-refractivity contribution < 1.29 is 0 Å². The van der Waals surface area contributed by atoms with E-state index >= 15 is 0 Å². The average molecular weight is 320 g/mol. The minimum absolute atomic E-state index is 0.103. The lowest BCUT2D eigenvalue weighted by Crippen LogP contribution is -2.11. The van der Waals surface area contributed by atoms with Crippen molar-refractivity contribution in [2.24, 2.45) is 5.73 Å². The van der Waals surface area contributed by atoms with Crippen LogP contribution in [0.3, 0.4) is 0 Å². The third-order valence-corrected chi connectivity index (χ3v) is 6.17. The lowest BCUT2D eigenvalue weighted by atomic mass is 9.99. The monoisotopic (exact) mass is 319 g/mol. The lowest BCUT2D eigenvalue weighted by molar-refractivity contribution is 0.712. The van der Waals surface area contributed by atoms with E-state index in [2.05, 4.69) is 26.0 Å². The Hall–Kier alpha value is -0.830. The van der Waals surface area contributed by atoms with E-state index in [1.165, 1.54) is 58.5 Å². The zero-order valence-electron chi connectivity index (χ0n) is 12.7. The van der Waals surface area contributed by atoms with Crippen molar-refractivity contribution in [3.8, 4) is 0 Å². The molecule has 0 spiro atoms. The number of rotatable bonds is 2. The molecule has 1 aromatic carbocycles. The Morgan fingerprint density at radius 3 is 2.57 bits per heavy atom. The molecule has 0 radical (unpaired) electrons. The van der Waals surface area contributed by atoms with E-state index in [0.29, 0.717) is 0 Å². The Kier molecular flexibility index (Phi) is 4.39. The van der Waals surface area contributed by atoms with Crippen molar-refractivity contribution in [3.05, 3.63) is 55.2 Å². The quantitative estimate of drug-likeness (QED) is 0.743. The summed E-state index contributed by atoms with van der Waals surface area (Å²) >= 11 is 8.31. The molecule has 3 heteroatoms. The van der Waals surface area contributed by atoms with Crippen LogP contribution < -0.4 is 5.73 Å². The molecule has 1 heterocycles. The molecule has 1 aromatic heterocycles. The molecule has 2 N–H and O–H groups in total. The predicted molar refractivity (Wildman–Crippen MR) is 92.5 cm³/mol. The Bertz CT molecular complexity index is 636. The fourth-order valence-electron chi connectivity index (χ4n) is 3.04. The van der Waals surface area contributed by atoms with Crippen LogP contribution in [-0.2, 0) is 12.8 Å². The van der Waals surface area contributed by atoms with Crippen molar-refractivity contribution in [1.82, 2.24) is 0 Å². The molecule has 0 saturated carbocycles. The number of fused-ring (bicyclic) bond motifs is 1. The van der Waals surface area contributed by atoms with Gasteiger partial charge in [0.15, 0.2) is 0 Å². The average Bonchev–Trinajstić information content (AvgIpc) is 2.73. The van der Waals surface area contributed by atoms with E-state index in [0.717, 1.165) is 10.6 Å². The summed E-state index contributed by atoms with van der Waals surface area (Å²) in [7, 11) is 0. The largest absolute Gasteiger partial charge is 0.320 e. The molecule has 0 aliphatic heterocycles. The highest BCUT2D eigenvalue weighted by Crippen LogP contribution is 2.36. The molecule has 1 atom stereocenters.